The molecule has 0 spiro atoms. The van der Waals surface area contributed by atoms with Crippen LogP contribution < -0.4 is 10.6 Å². The largest absolute Gasteiger partial charge is 0.351 e. The van der Waals surface area contributed by atoms with E-state index in [0.717, 1.165) is 12.8 Å². The summed E-state index contributed by atoms with van der Waals surface area (Å²) in [6, 6.07) is 18.2. The maximum Gasteiger partial charge on any atom is 0.294 e. The highest BCUT2D eigenvalue weighted by molar-refractivity contribution is 7.86. The Morgan fingerprint density at radius 2 is 0.983 bits per heavy atom. The van der Waals surface area contributed by atoms with E-state index in [4.69, 9.17) is 46.4 Å². The average Bonchev–Trinajstić information content (AvgIpc) is 3.94. The van der Waals surface area contributed by atoms with E-state index in [2.05, 4.69) is 20.8 Å². The summed E-state index contributed by atoms with van der Waals surface area (Å²) in [6.45, 7) is 0.677. The molecule has 8 rings (SSSR count). The number of hydrogen-bond donors (Lipinski definition) is 4. The van der Waals surface area contributed by atoms with Crippen molar-refractivity contribution in [3.8, 4) is 33.9 Å². The van der Waals surface area contributed by atoms with Crippen LogP contribution in [0.4, 0.5) is 0 Å². The fourth-order valence-corrected chi connectivity index (χ4v) is 9.62. The van der Waals surface area contributed by atoms with Crippen LogP contribution >= 0.6 is 46.4 Å². The third kappa shape index (κ3) is 8.06. The Kier molecular flexibility index (Phi) is 11.4. The monoisotopic (exact) mass is 928 g/mol. The highest BCUT2D eigenvalue weighted by Crippen LogP contribution is 2.43. The summed E-state index contributed by atoms with van der Waals surface area (Å²) in [5, 5.41) is 16.5. The van der Waals surface area contributed by atoms with Crippen LogP contribution in [0, 0.1) is 0 Å². The Labute approximate surface area is 363 Å². The first-order chi connectivity index (χ1) is 28.5. The Hall–Kier alpha value is -4.78. The molecule has 0 unspecified atom stereocenters. The van der Waals surface area contributed by atoms with Crippen molar-refractivity contribution in [1.29, 1.82) is 0 Å². The molecule has 2 heterocycles. The van der Waals surface area contributed by atoms with Crippen LogP contribution in [0.1, 0.15) is 68.9 Å². The van der Waals surface area contributed by atoms with E-state index < -0.39 is 32.1 Å². The number of carbonyl (C=O) groups is 2. The van der Waals surface area contributed by atoms with E-state index in [-0.39, 0.29) is 34.0 Å². The number of rotatable bonds is 13. The Bertz CT molecular complexity index is 2800. The molecule has 310 valence electrons. The van der Waals surface area contributed by atoms with Crippen molar-refractivity contribution in [2.75, 3.05) is 13.1 Å². The van der Waals surface area contributed by atoms with E-state index in [1.807, 2.05) is 0 Å². The molecule has 0 saturated carbocycles. The molecule has 4 aromatic carbocycles. The summed E-state index contributed by atoms with van der Waals surface area (Å²) in [4.78, 5) is 26.6. The van der Waals surface area contributed by atoms with Gasteiger partial charge in [0.05, 0.1) is 42.6 Å². The van der Waals surface area contributed by atoms with Gasteiger partial charge in [0.15, 0.2) is 11.4 Å². The topological polar surface area (TPSA) is 203 Å². The second-order valence-corrected chi connectivity index (χ2v) is 18.8. The van der Waals surface area contributed by atoms with Gasteiger partial charge in [-0.05, 0) is 84.6 Å². The van der Waals surface area contributed by atoms with Gasteiger partial charge < -0.3 is 10.6 Å². The van der Waals surface area contributed by atoms with E-state index in [0.29, 0.717) is 102 Å². The molecule has 0 aliphatic heterocycles. The summed E-state index contributed by atoms with van der Waals surface area (Å²) in [5.41, 5.74) is 6.03. The van der Waals surface area contributed by atoms with Crippen molar-refractivity contribution in [1.82, 2.24) is 30.2 Å². The zero-order valence-electron chi connectivity index (χ0n) is 31.0. The van der Waals surface area contributed by atoms with E-state index in [1.54, 1.807) is 57.9 Å². The lowest BCUT2D eigenvalue weighted by Crippen LogP contribution is -2.26. The third-order valence-electron chi connectivity index (χ3n) is 10.3. The first kappa shape index (κ1) is 41.9. The standard InChI is InChI=1S/C40H32Cl4N6O8S2/c41-23-5-11-33(31(43)19-23)49-37-27-9-7-25(59(53,54)55)15-21(27)17-29(37)35(47-49)39(51)45-13-3-1-2-4-14-46-40(52)36-30-18-22-16-26(60(56,57)58)8-10-28(22)38(30)50(48-36)34-12-6-24(42)20-32(34)44/h5-12,15-16,19-20H,1-4,13-14,17-18H2,(H,45,51)(H,46,52)(H,53,54,55)(H,56,57,58). The number of carbonyl (C=O) groups excluding carboxylic acids is 2. The van der Waals surface area contributed by atoms with Gasteiger partial charge in [0.25, 0.3) is 32.1 Å². The number of amides is 2. The van der Waals surface area contributed by atoms with Gasteiger partial charge in [-0.2, -0.15) is 27.0 Å². The molecule has 0 fully saturated rings. The normalized spacial score (nSPS) is 12.8. The van der Waals surface area contributed by atoms with E-state index >= 15 is 0 Å². The van der Waals surface area contributed by atoms with Gasteiger partial charge in [-0.15, -0.1) is 0 Å². The fraction of sp³-hybridized carbons (Fsp3) is 0.200. The highest BCUT2D eigenvalue weighted by atomic mass is 35.5. The first-order valence-corrected chi connectivity index (χ1v) is 22.8. The Balaban J connectivity index is 0.896. The third-order valence-corrected chi connectivity index (χ3v) is 13.1. The van der Waals surface area contributed by atoms with E-state index in [9.17, 15) is 35.5 Å². The van der Waals surface area contributed by atoms with Gasteiger partial charge in [-0.25, -0.2) is 9.36 Å². The molecule has 4 N–H and O–H groups in total. The number of nitrogens with one attached hydrogen (secondary N) is 2. The Morgan fingerprint density at radius 3 is 1.35 bits per heavy atom. The van der Waals surface area contributed by atoms with Crippen LogP contribution in [-0.4, -0.2) is 70.4 Å². The average molecular weight is 931 g/mol. The second kappa shape index (κ2) is 16.2. The van der Waals surface area contributed by atoms with Crippen LogP contribution in [0.3, 0.4) is 0 Å². The van der Waals surface area contributed by atoms with Gasteiger partial charge >= 0.3 is 0 Å². The van der Waals surface area contributed by atoms with Crippen LogP contribution in [0.2, 0.25) is 20.1 Å². The number of halogens is 4. The predicted molar refractivity (Wildman–Crippen MR) is 226 cm³/mol. The summed E-state index contributed by atoms with van der Waals surface area (Å²) in [6.07, 6.45) is 3.14. The smallest absolute Gasteiger partial charge is 0.294 e. The first-order valence-electron chi connectivity index (χ1n) is 18.4. The number of benzene rings is 4. The minimum atomic E-state index is -4.45. The number of nitrogens with zero attached hydrogens (tertiary/aromatic N) is 4. The SMILES string of the molecule is O=C(NCCCCCCNC(=O)c1nn(-c2ccc(Cl)cc2Cl)c2c1Cc1cc(S(=O)(=O)O)ccc1-2)c1nn(-c2ccc(Cl)cc2Cl)c2c1Cc1cc(S(=O)(=O)O)ccc1-2. The van der Waals surface area contributed by atoms with Crippen molar-refractivity contribution in [2.45, 2.75) is 48.3 Å². The van der Waals surface area contributed by atoms with Crippen molar-refractivity contribution < 1.29 is 35.5 Å². The molecule has 0 atom stereocenters. The van der Waals surface area contributed by atoms with Crippen molar-refractivity contribution in [3.63, 3.8) is 0 Å². The zero-order valence-corrected chi connectivity index (χ0v) is 35.7. The summed E-state index contributed by atoms with van der Waals surface area (Å²) >= 11 is 25.4. The molecule has 0 radical (unpaired) electrons. The molecule has 14 nitrogen and oxygen atoms in total. The molecule has 2 aromatic heterocycles. The molecule has 0 bridgehead atoms. The quantitative estimate of drug-likeness (QED) is 0.0648. The van der Waals surface area contributed by atoms with Gasteiger partial charge in [0.2, 0.25) is 0 Å². The minimum absolute atomic E-state index is 0.151. The lowest BCUT2D eigenvalue weighted by atomic mass is 10.1. The van der Waals surface area contributed by atoms with Crippen molar-refractivity contribution in [3.05, 3.63) is 127 Å². The summed E-state index contributed by atoms with van der Waals surface area (Å²) in [5.74, 6) is -0.846. The van der Waals surface area contributed by atoms with Crippen molar-refractivity contribution >= 4 is 78.5 Å². The maximum absolute atomic E-state index is 13.6. The molecular weight excluding hydrogens is 898 g/mol. The fourth-order valence-electron chi connectivity index (χ4n) is 7.58. The number of hydrogen-bond acceptors (Lipinski definition) is 8. The minimum Gasteiger partial charge on any atom is -0.351 e. The van der Waals surface area contributed by atoms with Crippen LogP contribution in [0.5, 0.6) is 0 Å². The van der Waals surface area contributed by atoms with Crippen molar-refractivity contribution in [2.24, 2.45) is 0 Å². The maximum atomic E-state index is 13.6. The predicted octanol–water partition coefficient (Wildman–Crippen LogP) is 8.03. The van der Waals surface area contributed by atoms with Crippen LogP contribution in [0.15, 0.2) is 82.6 Å². The van der Waals surface area contributed by atoms with Gasteiger partial charge in [0.1, 0.15) is 0 Å². The summed E-state index contributed by atoms with van der Waals surface area (Å²) < 4.78 is 69.8. The zero-order chi connectivity index (χ0) is 42.7. The van der Waals surface area contributed by atoms with E-state index in [1.165, 1.54) is 24.3 Å². The molecule has 2 aliphatic carbocycles. The number of unbranched alkanes of at least 4 members (excludes halogenated alkanes) is 3. The van der Waals surface area contributed by atoms with Gasteiger partial charge in [-0.3, -0.25) is 18.7 Å². The summed E-state index contributed by atoms with van der Waals surface area (Å²) in [7, 11) is -8.91. The van der Waals surface area contributed by atoms with Crippen LogP contribution in [0.25, 0.3) is 33.9 Å². The Morgan fingerprint density at radius 1 is 0.583 bits per heavy atom. The number of aromatic nitrogens is 4. The molecule has 60 heavy (non-hydrogen) atoms. The molecule has 0 saturated heterocycles. The molecule has 2 amide bonds. The number of fused-ring (bicyclic) bond motifs is 6. The molecule has 2 aliphatic rings. The lowest BCUT2D eigenvalue weighted by molar-refractivity contribution is 0.0937. The lowest BCUT2D eigenvalue weighted by Gasteiger charge is -2.10. The van der Waals surface area contributed by atoms with Crippen LogP contribution in [-0.2, 0) is 33.1 Å². The molecule has 6 aromatic rings. The van der Waals surface area contributed by atoms with Gasteiger partial charge in [0, 0.05) is 58.2 Å². The molecular formula is C40H32Cl4N6O8S2. The van der Waals surface area contributed by atoms with Gasteiger partial charge in [-0.1, -0.05) is 71.4 Å². The second-order valence-electron chi connectivity index (χ2n) is 14.2. The highest BCUT2D eigenvalue weighted by Gasteiger charge is 2.34. The molecule has 20 heteroatoms.